The van der Waals surface area contributed by atoms with E-state index < -0.39 is 33.8 Å². The van der Waals surface area contributed by atoms with Gasteiger partial charge in [0.1, 0.15) is 5.75 Å². The fourth-order valence-corrected chi connectivity index (χ4v) is 1.62. The highest BCUT2D eigenvalue weighted by atomic mass is 32.2. The normalized spacial score (nSPS) is 12.0. The van der Waals surface area contributed by atoms with Crippen LogP contribution in [-0.4, -0.2) is 27.0 Å². The lowest BCUT2D eigenvalue weighted by Gasteiger charge is -2.12. The number of carbonyl (C=O) groups is 1. The van der Waals surface area contributed by atoms with Gasteiger partial charge in [-0.2, -0.15) is 21.6 Å². The van der Waals surface area contributed by atoms with Gasteiger partial charge in [-0.15, -0.1) is 0 Å². The molecule has 0 fully saturated rings. The second-order valence-electron chi connectivity index (χ2n) is 3.34. The first kappa shape index (κ1) is 15.3. The Labute approximate surface area is 107 Å². The molecule has 0 radical (unpaired) electrons. The van der Waals surface area contributed by atoms with E-state index >= 15 is 0 Å². The standard InChI is InChI=1S/C10H9F3O5S/c1-17-9(14)6-7-4-2-3-5-8(7)18-19(15,16)10(11,12)13/h2-5H,6H2,1H3. The van der Waals surface area contributed by atoms with Crippen LogP contribution in [0.1, 0.15) is 5.56 Å². The molecule has 0 aromatic heterocycles. The second kappa shape index (κ2) is 5.47. The number of carbonyl (C=O) groups excluding carboxylic acids is 1. The molecule has 106 valence electrons. The Balaban J connectivity index is 3.06. The van der Waals surface area contributed by atoms with Crippen LogP contribution in [0.4, 0.5) is 13.2 Å². The maximum atomic E-state index is 12.2. The predicted octanol–water partition coefficient (Wildman–Crippen LogP) is 1.63. The Morgan fingerprint density at radius 1 is 1.26 bits per heavy atom. The summed E-state index contributed by atoms with van der Waals surface area (Å²) in [7, 11) is -4.67. The van der Waals surface area contributed by atoms with Gasteiger partial charge in [-0.3, -0.25) is 4.79 Å². The van der Waals surface area contributed by atoms with Crippen LogP contribution in [0.5, 0.6) is 5.75 Å². The molecular weight excluding hydrogens is 289 g/mol. The molecule has 19 heavy (non-hydrogen) atoms. The predicted molar refractivity (Wildman–Crippen MR) is 57.8 cm³/mol. The van der Waals surface area contributed by atoms with Crippen LogP contribution in [0, 0.1) is 0 Å². The number of esters is 1. The minimum Gasteiger partial charge on any atom is -0.469 e. The summed E-state index contributed by atoms with van der Waals surface area (Å²) < 4.78 is 66.6. The van der Waals surface area contributed by atoms with E-state index in [0.717, 1.165) is 13.2 Å². The van der Waals surface area contributed by atoms with Crippen LogP contribution in [0.25, 0.3) is 0 Å². The molecular formula is C10H9F3O5S. The molecule has 1 aromatic carbocycles. The highest BCUT2D eigenvalue weighted by Crippen LogP contribution is 2.29. The minimum absolute atomic E-state index is 0.0258. The number of halogens is 3. The molecule has 9 heteroatoms. The molecule has 0 unspecified atom stereocenters. The number of alkyl halides is 3. The van der Waals surface area contributed by atoms with Gasteiger partial charge in [0.15, 0.2) is 0 Å². The molecule has 0 bridgehead atoms. The maximum absolute atomic E-state index is 12.2. The summed E-state index contributed by atoms with van der Waals surface area (Å²) in [6.07, 6.45) is -0.403. The number of ether oxygens (including phenoxy) is 1. The van der Waals surface area contributed by atoms with Gasteiger partial charge in [0, 0.05) is 5.56 Å². The average molecular weight is 298 g/mol. The van der Waals surface area contributed by atoms with Gasteiger partial charge in [-0.25, -0.2) is 0 Å². The van der Waals surface area contributed by atoms with Gasteiger partial charge in [-0.1, -0.05) is 18.2 Å². The molecule has 0 amide bonds. The molecule has 1 aromatic rings. The van der Waals surface area contributed by atoms with Crippen molar-refractivity contribution in [2.24, 2.45) is 0 Å². The molecule has 0 aliphatic heterocycles. The van der Waals surface area contributed by atoms with E-state index in [1.165, 1.54) is 18.2 Å². The topological polar surface area (TPSA) is 69.7 Å². The van der Waals surface area contributed by atoms with E-state index in [4.69, 9.17) is 0 Å². The SMILES string of the molecule is COC(=O)Cc1ccccc1OS(=O)(=O)C(F)(F)F. The molecule has 0 spiro atoms. The molecule has 0 N–H and O–H groups in total. The Kier molecular flexibility index (Phi) is 4.40. The number of rotatable bonds is 4. The van der Waals surface area contributed by atoms with E-state index in [-0.39, 0.29) is 5.56 Å². The van der Waals surface area contributed by atoms with Crippen LogP contribution >= 0.6 is 0 Å². The summed E-state index contributed by atoms with van der Waals surface area (Å²) in [5.74, 6) is -1.30. The Bertz CT molecular complexity index is 565. The Morgan fingerprint density at radius 3 is 2.37 bits per heavy atom. The molecule has 0 saturated carbocycles. The van der Waals surface area contributed by atoms with Crippen LogP contribution < -0.4 is 4.18 Å². The summed E-state index contributed by atoms with van der Waals surface area (Å²) >= 11 is 0. The van der Waals surface area contributed by atoms with E-state index in [1.807, 2.05) is 0 Å². The van der Waals surface area contributed by atoms with Crippen molar-refractivity contribution in [2.75, 3.05) is 7.11 Å². The Hall–Kier alpha value is -1.77. The number of hydrogen-bond acceptors (Lipinski definition) is 5. The second-order valence-corrected chi connectivity index (χ2v) is 4.88. The van der Waals surface area contributed by atoms with Gasteiger partial charge in [0.25, 0.3) is 0 Å². The molecule has 0 saturated heterocycles. The lowest BCUT2D eigenvalue weighted by atomic mass is 10.1. The highest BCUT2D eigenvalue weighted by molar-refractivity contribution is 7.88. The summed E-state index contributed by atoms with van der Waals surface area (Å²) in [5.41, 5.74) is -5.56. The fraction of sp³-hybridized carbons (Fsp3) is 0.300. The van der Waals surface area contributed by atoms with E-state index in [0.29, 0.717) is 0 Å². The van der Waals surface area contributed by atoms with Gasteiger partial charge in [0.2, 0.25) is 0 Å². The highest BCUT2D eigenvalue weighted by Gasteiger charge is 2.48. The zero-order valence-electron chi connectivity index (χ0n) is 9.60. The monoisotopic (exact) mass is 298 g/mol. The van der Waals surface area contributed by atoms with Crippen molar-refractivity contribution in [1.29, 1.82) is 0 Å². The zero-order chi connectivity index (χ0) is 14.7. The van der Waals surface area contributed by atoms with E-state index in [9.17, 15) is 26.4 Å². The van der Waals surface area contributed by atoms with Crippen molar-refractivity contribution < 1.29 is 35.3 Å². The molecule has 0 heterocycles. The quantitative estimate of drug-likeness (QED) is 0.480. The lowest BCUT2D eigenvalue weighted by Crippen LogP contribution is -2.28. The number of methoxy groups -OCH3 is 1. The molecule has 1 rings (SSSR count). The summed E-state index contributed by atoms with van der Waals surface area (Å²) in [4.78, 5) is 11.0. The van der Waals surface area contributed by atoms with Crippen LogP contribution in [0.2, 0.25) is 0 Å². The maximum Gasteiger partial charge on any atom is 0.534 e. The van der Waals surface area contributed by atoms with Crippen molar-refractivity contribution in [3.05, 3.63) is 29.8 Å². The van der Waals surface area contributed by atoms with Crippen LogP contribution in [0.3, 0.4) is 0 Å². The zero-order valence-corrected chi connectivity index (χ0v) is 10.4. The van der Waals surface area contributed by atoms with Gasteiger partial charge in [0.05, 0.1) is 13.5 Å². The first-order chi connectivity index (χ1) is 8.67. The summed E-state index contributed by atoms with van der Waals surface area (Å²) in [6.45, 7) is 0. The number of hydrogen-bond donors (Lipinski definition) is 0. The van der Waals surface area contributed by atoms with Gasteiger partial charge < -0.3 is 8.92 Å². The third kappa shape index (κ3) is 3.85. The first-order valence-corrected chi connectivity index (χ1v) is 6.23. The van der Waals surface area contributed by atoms with Crippen molar-refractivity contribution in [2.45, 2.75) is 11.9 Å². The van der Waals surface area contributed by atoms with Crippen molar-refractivity contribution in [3.63, 3.8) is 0 Å². The lowest BCUT2D eigenvalue weighted by molar-refractivity contribution is -0.139. The molecule has 0 aliphatic carbocycles. The van der Waals surface area contributed by atoms with Crippen LogP contribution in [-0.2, 0) is 26.1 Å². The molecule has 0 aliphatic rings. The molecule has 5 nitrogen and oxygen atoms in total. The third-order valence-electron chi connectivity index (χ3n) is 2.02. The van der Waals surface area contributed by atoms with Crippen LogP contribution in [0.15, 0.2) is 24.3 Å². The van der Waals surface area contributed by atoms with Crippen molar-refractivity contribution in [3.8, 4) is 5.75 Å². The van der Waals surface area contributed by atoms with Gasteiger partial charge >= 0.3 is 21.6 Å². The minimum atomic E-state index is -5.77. The smallest absolute Gasteiger partial charge is 0.469 e. The van der Waals surface area contributed by atoms with Crippen molar-refractivity contribution in [1.82, 2.24) is 0 Å². The van der Waals surface area contributed by atoms with Gasteiger partial charge in [-0.05, 0) is 6.07 Å². The number of benzene rings is 1. The third-order valence-corrected chi connectivity index (χ3v) is 2.98. The number of para-hydroxylation sites is 1. The summed E-state index contributed by atoms with van der Waals surface area (Å²) in [5, 5.41) is 0. The average Bonchev–Trinajstić information content (AvgIpc) is 2.29. The fourth-order valence-electron chi connectivity index (χ4n) is 1.12. The first-order valence-electron chi connectivity index (χ1n) is 4.83. The summed E-state index contributed by atoms with van der Waals surface area (Å²) in [6, 6.07) is 4.98. The largest absolute Gasteiger partial charge is 0.534 e. The van der Waals surface area contributed by atoms with Crippen molar-refractivity contribution >= 4 is 16.1 Å². The van der Waals surface area contributed by atoms with E-state index in [1.54, 1.807) is 0 Å². The molecule has 0 atom stereocenters. The van der Waals surface area contributed by atoms with E-state index in [2.05, 4.69) is 8.92 Å². The Morgan fingerprint density at radius 2 is 1.84 bits per heavy atom.